The van der Waals surface area contributed by atoms with E-state index in [0.717, 1.165) is 19.4 Å². The number of piperidine rings is 1. The summed E-state index contributed by atoms with van der Waals surface area (Å²) in [6.07, 6.45) is 3.33. The summed E-state index contributed by atoms with van der Waals surface area (Å²) in [6, 6.07) is 10.5. The molecule has 1 aliphatic rings. The predicted octanol–water partition coefficient (Wildman–Crippen LogP) is 2.12. The fourth-order valence-electron chi connectivity index (χ4n) is 2.37. The molecule has 1 aromatic rings. The van der Waals surface area contributed by atoms with Crippen molar-refractivity contribution in [3.8, 4) is 0 Å². The lowest BCUT2D eigenvalue weighted by molar-refractivity contribution is -0.133. The van der Waals surface area contributed by atoms with Gasteiger partial charge in [0, 0.05) is 6.54 Å². The maximum absolute atomic E-state index is 11.8. The van der Waals surface area contributed by atoms with Crippen molar-refractivity contribution in [2.24, 2.45) is 5.73 Å². The first-order valence-electron chi connectivity index (χ1n) is 5.87. The van der Waals surface area contributed by atoms with Gasteiger partial charge in [-0.15, -0.1) is 12.4 Å². The Morgan fingerprint density at radius 3 is 2.65 bits per heavy atom. The van der Waals surface area contributed by atoms with Gasteiger partial charge in [0.05, 0.1) is 12.6 Å². The molecule has 0 spiro atoms. The van der Waals surface area contributed by atoms with Crippen LogP contribution in [0.3, 0.4) is 0 Å². The summed E-state index contributed by atoms with van der Waals surface area (Å²) < 4.78 is 0. The van der Waals surface area contributed by atoms with Crippen molar-refractivity contribution in [3.05, 3.63) is 35.9 Å². The molecule has 1 heterocycles. The molecule has 2 rings (SSSR count). The molecule has 17 heavy (non-hydrogen) atoms. The summed E-state index contributed by atoms with van der Waals surface area (Å²) >= 11 is 0. The fourth-order valence-corrected chi connectivity index (χ4v) is 2.37. The highest BCUT2D eigenvalue weighted by Gasteiger charge is 2.26. The van der Waals surface area contributed by atoms with Gasteiger partial charge in [0.25, 0.3) is 0 Å². The van der Waals surface area contributed by atoms with E-state index in [1.165, 1.54) is 12.0 Å². The minimum absolute atomic E-state index is 0. The standard InChI is InChI=1S/C13H18N2O.ClH/c14-10-13(16)15-9-5-4-8-12(15)11-6-2-1-3-7-11;/h1-3,6-7,12H,4-5,8-10,14H2;1H. The Bertz CT molecular complexity index is 356. The molecule has 1 aliphatic heterocycles. The average Bonchev–Trinajstić information content (AvgIpc) is 2.39. The third-order valence-corrected chi connectivity index (χ3v) is 3.18. The highest BCUT2D eigenvalue weighted by atomic mass is 35.5. The zero-order chi connectivity index (χ0) is 11.4. The first kappa shape index (κ1) is 14.0. The first-order valence-corrected chi connectivity index (χ1v) is 5.87. The number of halogens is 1. The second kappa shape index (κ2) is 6.62. The van der Waals surface area contributed by atoms with E-state index in [9.17, 15) is 4.79 Å². The van der Waals surface area contributed by atoms with Crippen LogP contribution in [-0.4, -0.2) is 23.9 Å². The van der Waals surface area contributed by atoms with Crippen LogP contribution in [0.2, 0.25) is 0 Å². The van der Waals surface area contributed by atoms with E-state index in [2.05, 4.69) is 12.1 Å². The number of hydrogen-bond acceptors (Lipinski definition) is 2. The van der Waals surface area contributed by atoms with Crippen molar-refractivity contribution >= 4 is 18.3 Å². The van der Waals surface area contributed by atoms with E-state index in [-0.39, 0.29) is 30.9 Å². The first-order chi connectivity index (χ1) is 7.83. The molecule has 1 saturated heterocycles. The largest absolute Gasteiger partial charge is 0.335 e. The van der Waals surface area contributed by atoms with Gasteiger partial charge in [-0.25, -0.2) is 0 Å². The molecule has 0 bridgehead atoms. The Morgan fingerprint density at radius 2 is 2.00 bits per heavy atom. The summed E-state index contributed by atoms with van der Waals surface area (Å²) in [5.74, 6) is 0.0635. The van der Waals surface area contributed by atoms with Crippen LogP contribution in [0.5, 0.6) is 0 Å². The number of carbonyl (C=O) groups excluding carboxylic acids is 1. The Labute approximate surface area is 108 Å². The van der Waals surface area contributed by atoms with Gasteiger partial charge in [0.2, 0.25) is 5.91 Å². The summed E-state index contributed by atoms with van der Waals surface area (Å²) in [5, 5.41) is 0. The smallest absolute Gasteiger partial charge is 0.236 e. The lowest BCUT2D eigenvalue weighted by atomic mass is 9.95. The van der Waals surface area contributed by atoms with Crippen LogP contribution in [0.15, 0.2) is 30.3 Å². The van der Waals surface area contributed by atoms with E-state index >= 15 is 0 Å². The van der Waals surface area contributed by atoms with Crippen LogP contribution in [0.1, 0.15) is 30.9 Å². The molecule has 1 aromatic carbocycles. The Hall–Kier alpha value is -1.06. The minimum atomic E-state index is 0. The summed E-state index contributed by atoms with van der Waals surface area (Å²) in [5.41, 5.74) is 6.68. The van der Waals surface area contributed by atoms with Gasteiger partial charge in [-0.1, -0.05) is 30.3 Å². The molecule has 1 unspecified atom stereocenters. The molecule has 3 nitrogen and oxygen atoms in total. The molecule has 1 amide bonds. The third-order valence-electron chi connectivity index (χ3n) is 3.18. The molecule has 1 fully saturated rings. The summed E-state index contributed by atoms with van der Waals surface area (Å²) in [7, 11) is 0. The van der Waals surface area contributed by atoms with Crippen molar-refractivity contribution in [2.45, 2.75) is 25.3 Å². The Kier molecular flexibility index (Phi) is 5.45. The van der Waals surface area contributed by atoms with E-state index < -0.39 is 0 Å². The van der Waals surface area contributed by atoms with Crippen molar-refractivity contribution < 1.29 is 4.79 Å². The Balaban J connectivity index is 0.00000144. The molecular weight excluding hydrogens is 236 g/mol. The van der Waals surface area contributed by atoms with Crippen molar-refractivity contribution in [1.29, 1.82) is 0 Å². The molecular formula is C13H19ClN2O. The molecule has 0 aromatic heterocycles. The molecule has 4 heteroatoms. The van der Waals surface area contributed by atoms with Crippen LogP contribution in [0.4, 0.5) is 0 Å². The van der Waals surface area contributed by atoms with Gasteiger partial charge in [-0.3, -0.25) is 4.79 Å². The lowest BCUT2D eigenvalue weighted by Crippen LogP contribution is -2.41. The van der Waals surface area contributed by atoms with Crippen molar-refractivity contribution in [3.63, 3.8) is 0 Å². The second-order valence-corrected chi connectivity index (χ2v) is 4.21. The number of hydrogen-bond donors (Lipinski definition) is 1. The number of amides is 1. The molecule has 0 saturated carbocycles. The van der Waals surface area contributed by atoms with Gasteiger partial charge < -0.3 is 10.6 Å². The lowest BCUT2D eigenvalue weighted by Gasteiger charge is -2.36. The van der Waals surface area contributed by atoms with E-state index in [0.29, 0.717) is 0 Å². The quantitative estimate of drug-likeness (QED) is 0.879. The molecule has 0 radical (unpaired) electrons. The second-order valence-electron chi connectivity index (χ2n) is 4.21. The average molecular weight is 255 g/mol. The SMILES string of the molecule is Cl.NCC(=O)N1CCCCC1c1ccccc1. The van der Waals surface area contributed by atoms with Crippen molar-refractivity contribution in [1.82, 2.24) is 4.90 Å². The highest BCUT2D eigenvalue weighted by molar-refractivity contribution is 5.85. The number of nitrogens with zero attached hydrogens (tertiary/aromatic N) is 1. The van der Waals surface area contributed by atoms with Gasteiger partial charge >= 0.3 is 0 Å². The minimum Gasteiger partial charge on any atom is -0.335 e. The molecule has 0 aliphatic carbocycles. The zero-order valence-corrected chi connectivity index (χ0v) is 10.7. The molecule has 94 valence electrons. The number of likely N-dealkylation sites (tertiary alicyclic amines) is 1. The predicted molar refractivity (Wildman–Crippen MR) is 71.0 cm³/mol. The van der Waals surface area contributed by atoms with Gasteiger partial charge in [0.1, 0.15) is 0 Å². The Morgan fingerprint density at radius 1 is 1.29 bits per heavy atom. The van der Waals surface area contributed by atoms with Crippen LogP contribution in [0.25, 0.3) is 0 Å². The van der Waals surface area contributed by atoms with E-state index in [4.69, 9.17) is 5.73 Å². The highest BCUT2D eigenvalue weighted by Crippen LogP contribution is 2.30. The number of benzene rings is 1. The van der Waals surface area contributed by atoms with Crippen molar-refractivity contribution in [2.75, 3.05) is 13.1 Å². The number of nitrogens with two attached hydrogens (primary N) is 1. The third kappa shape index (κ3) is 3.20. The van der Waals surface area contributed by atoms with Gasteiger partial charge in [0.15, 0.2) is 0 Å². The van der Waals surface area contributed by atoms with E-state index in [1.807, 2.05) is 23.1 Å². The normalized spacial score (nSPS) is 19.6. The monoisotopic (exact) mass is 254 g/mol. The van der Waals surface area contributed by atoms with Crippen LogP contribution in [-0.2, 0) is 4.79 Å². The number of rotatable bonds is 2. The number of carbonyl (C=O) groups is 1. The van der Waals surface area contributed by atoms with Crippen LogP contribution < -0.4 is 5.73 Å². The summed E-state index contributed by atoms with van der Waals surface area (Å²) in [6.45, 7) is 0.957. The topological polar surface area (TPSA) is 46.3 Å². The van der Waals surface area contributed by atoms with E-state index in [1.54, 1.807) is 0 Å². The maximum atomic E-state index is 11.8. The fraction of sp³-hybridized carbons (Fsp3) is 0.462. The summed E-state index contributed by atoms with van der Waals surface area (Å²) in [4.78, 5) is 13.7. The zero-order valence-electron chi connectivity index (χ0n) is 9.84. The van der Waals surface area contributed by atoms with Gasteiger partial charge in [-0.05, 0) is 24.8 Å². The van der Waals surface area contributed by atoms with Gasteiger partial charge in [-0.2, -0.15) is 0 Å². The maximum Gasteiger partial charge on any atom is 0.236 e. The van der Waals surface area contributed by atoms with Crippen LogP contribution >= 0.6 is 12.4 Å². The molecule has 2 N–H and O–H groups in total. The molecule has 1 atom stereocenters. The van der Waals surface area contributed by atoms with Crippen LogP contribution in [0, 0.1) is 0 Å².